The molecule has 1 N–H and O–H groups in total. The molecule has 0 radical (unpaired) electrons. The third-order valence-electron chi connectivity index (χ3n) is 4.12. The molecule has 2 nitrogen and oxygen atoms in total. The van der Waals surface area contributed by atoms with Crippen molar-refractivity contribution in [3.05, 3.63) is 0 Å². The SMILES string of the molecule is CC1CCC(C(C)C)C(O)C1.CCCCCC(C)=O. The fourth-order valence-corrected chi connectivity index (χ4v) is 2.78. The molecule has 114 valence electrons. The Bertz CT molecular complexity index is 235. The Labute approximate surface area is 120 Å². The molecule has 0 aromatic heterocycles. The number of aliphatic hydroxyl groups excluding tert-OH is 1. The third kappa shape index (κ3) is 9.21. The normalized spacial score (nSPS) is 26.8. The van der Waals surface area contributed by atoms with Crippen molar-refractivity contribution in [3.63, 3.8) is 0 Å². The summed E-state index contributed by atoms with van der Waals surface area (Å²) in [5.41, 5.74) is 0. The third-order valence-corrected chi connectivity index (χ3v) is 4.12. The van der Waals surface area contributed by atoms with Crippen molar-refractivity contribution >= 4 is 5.78 Å². The van der Waals surface area contributed by atoms with Gasteiger partial charge in [0.05, 0.1) is 6.10 Å². The van der Waals surface area contributed by atoms with E-state index in [0.29, 0.717) is 17.6 Å². The Balaban J connectivity index is 0.000000362. The second-order valence-electron chi connectivity index (χ2n) is 6.55. The number of hydrogen-bond acceptors (Lipinski definition) is 2. The summed E-state index contributed by atoms with van der Waals surface area (Å²) < 4.78 is 0. The largest absolute Gasteiger partial charge is 0.393 e. The molecular weight excluding hydrogens is 236 g/mol. The minimum absolute atomic E-state index is 0.0289. The predicted molar refractivity (Wildman–Crippen MR) is 82.2 cm³/mol. The van der Waals surface area contributed by atoms with Gasteiger partial charge in [-0.25, -0.2) is 0 Å². The maximum atomic E-state index is 10.3. The number of unbranched alkanes of at least 4 members (excludes halogenated alkanes) is 2. The molecule has 1 aliphatic rings. The minimum atomic E-state index is -0.0289. The monoisotopic (exact) mass is 270 g/mol. The van der Waals surface area contributed by atoms with E-state index in [1.807, 2.05) is 0 Å². The van der Waals surface area contributed by atoms with E-state index in [4.69, 9.17) is 0 Å². The molecule has 0 aliphatic heterocycles. The second kappa shape index (κ2) is 10.4. The predicted octanol–water partition coefficient (Wildman–Crippen LogP) is 4.60. The van der Waals surface area contributed by atoms with E-state index < -0.39 is 0 Å². The first-order valence-corrected chi connectivity index (χ1v) is 8.05. The molecule has 0 saturated heterocycles. The number of carbonyl (C=O) groups is 1. The lowest BCUT2D eigenvalue weighted by Crippen LogP contribution is -2.31. The van der Waals surface area contributed by atoms with Crippen molar-refractivity contribution in [1.82, 2.24) is 0 Å². The van der Waals surface area contributed by atoms with Gasteiger partial charge in [0.15, 0.2) is 0 Å². The van der Waals surface area contributed by atoms with Gasteiger partial charge in [0, 0.05) is 6.42 Å². The van der Waals surface area contributed by atoms with Gasteiger partial charge >= 0.3 is 0 Å². The molecule has 19 heavy (non-hydrogen) atoms. The summed E-state index contributed by atoms with van der Waals surface area (Å²) >= 11 is 0. The Morgan fingerprint density at radius 1 is 1.26 bits per heavy atom. The van der Waals surface area contributed by atoms with E-state index >= 15 is 0 Å². The average Bonchev–Trinajstić information content (AvgIpc) is 2.29. The molecule has 1 saturated carbocycles. The quantitative estimate of drug-likeness (QED) is 0.742. The minimum Gasteiger partial charge on any atom is -0.393 e. The maximum Gasteiger partial charge on any atom is 0.129 e. The van der Waals surface area contributed by atoms with Gasteiger partial charge in [-0.15, -0.1) is 0 Å². The van der Waals surface area contributed by atoms with Gasteiger partial charge in [0.1, 0.15) is 5.78 Å². The Kier molecular flexibility index (Phi) is 10.2. The highest BCUT2D eigenvalue weighted by Crippen LogP contribution is 2.33. The van der Waals surface area contributed by atoms with Crippen molar-refractivity contribution in [2.24, 2.45) is 17.8 Å². The molecule has 3 unspecified atom stereocenters. The van der Waals surface area contributed by atoms with Crippen LogP contribution in [0.4, 0.5) is 0 Å². The summed E-state index contributed by atoms with van der Waals surface area (Å²) in [6, 6.07) is 0. The lowest BCUT2D eigenvalue weighted by Gasteiger charge is -2.33. The summed E-state index contributed by atoms with van der Waals surface area (Å²) in [5.74, 6) is 2.27. The zero-order valence-corrected chi connectivity index (χ0v) is 13.6. The molecule has 1 rings (SSSR count). The lowest BCUT2D eigenvalue weighted by atomic mass is 9.75. The zero-order valence-electron chi connectivity index (χ0n) is 13.6. The van der Waals surface area contributed by atoms with Crippen molar-refractivity contribution < 1.29 is 9.90 Å². The van der Waals surface area contributed by atoms with E-state index in [1.54, 1.807) is 6.92 Å². The van der Waals surface area contributed by atoms with Crippen LogP contribution >= 0.6 is 0 Å². The average molecular weight is 270 g/mol. The second-order valence-corrected chi connectivity index (χ2v) is 6.55. The van der Waals surface area contributed by atoms with Crippen molar-refractivity contribution in [2.75, 3.05) is 0 Å². The number of hydrogen-bond donors (Lipinski definition) is 1. The molecule has 1 aliphatic carbocycles. The zero-order chi connectivity index (χ0) is 14.8. The van der Waals surface area contributed by atoms with Gasteiger partial charge in [-0.05, 0) is 43.9 Å². The van der Waals surface area contributed by atoms with Crippen molar-refractivity contribution in [3.8, 4) is 0 Å². The van der Waals surface area contributed by atoms with Crippen LogP contribution in [0.5, 0.6) is 0 Å². The highest BCUT2D eigenvalue weighted by Gasteiger charge is 2.28. The Morgan fingerprint density at radius 3 is 2.32 bits per heavy atom. The lowest BCUT2D eigenvalue weighted by molar-refractivity contribution is -0.117. The van der Waals surface area contributed by atoms with Gasteiger partial charge in [-0.3, -0.25) is 0 Å². The number of carbonyl (C=O) groups excluding carboxylic acids is 1. The first-order valence-electron chi connectivity index (χ1n) is 8.05. The van der Waals surface area contributed by atoms with E-state index in [9.17, 15) is 9.90 Å². The number of Topliss-reactive ketones (excluding diaryl/α,β-unsaturated/α-hetero) is 1. The molecule has 2 heteroatoms. The number of aliphatic hydroxyl groups is 1. The van der Waals surface area contributed by atoms with Gasteiger partial charge in [-0.1, -0.05) is 47.0 Å². The number of rotatable bonds is 5. The van der Waals surface area contributed by atoms with Gasteiger partial charge in [0.25, 0.3) is 0 Å². The molecular formula is C17H34O2. The van der Waals surface area contributed by atoms with Gasteiger partial charge < -0.3 is 9.90 Å². The van der Waals surface area contributed by atoms with E-state index in [2.05, 4.69) is 27.7 Å². The molecule has 3 atom stereocenters. The molecule has 0 aromatic carbocycles. The molecule has 0 bridgehead atoms. The van der Waals surface area contributed by atoms with Crippen LogP contribution in [0, 0.1) is 17.8 Å². The van der Waals surface area contributed by atoms with Crippen LogP contribution in [0.1, 0.15) is 79.6 Å². The highest BCUT2D eigenvalue weighted by molar-refractivity contribution is 5.75. The smallest absolute Gasteiger partial charge is 0.129 e. The summed E-state index contributed by atoms with van der Waals surface area (Å²) in [4.78, 5) is 10.3. The first kappa shape index (κ1) is 18.6. The van der Waals surface area contributed by atoms with E-state index in [1.165, 1.54) is 25.7 Å². The standard InChI is InChI=1S/C10H20O.C7H14O/c1-7(2)9-5-4-8(3)6-10(9)11;1-3-4-5-6-7(2)8/h7-11H,4-6H2,1-3H3;3-6H2,1-2H3. The molecule has 0 aromatic rings. The van der Waals surface area contributed by atoms with Crippen LogP contribution in [0.25, 0.3) is 0 Å². The number of ketones is 1. The maximum absolute atomic E-state index is 10.3. The Morgan fingerprint density at radius 2 is 1.89 bits per heavy atom. The molecule has 0 heterocycles. The molecule has 0 amide bonds. The van der Waals surface area contributed by atoms with Crippen LogP contribution in [0.15, 0.2) is 0 Å². The Hall–Kier alpha value is -0.370. The van der Waals surface area contributed by atoms with Crippen LogP contribution < -0.4 is 0 Å². The topological polar surface area (TPSA) is 37.3 Å². The van der Waals surface area contributed by atoms with Crippen molar-refractivity contribution in [1.29, 1.82) is 0 Å². The molecule has 1 fully saturated rings. The summed E-state index contributed by atoms with van der Waals surface area (Å²) in [7, 11) is 0. The van der Waals surface area contributed by atoms with Crippen LogP contribution in [-0.4, -0.2) is 17.0 Å². The van der Waals surface area contributed by atoms with E-state index in [0.717, 1.165) is 25.2 Å². The summed E-state index contributed by atoms with van der Waals surface area (Å²) in [5, 5.41) is 9.71. The van der Waals surface area contributed by atoms with Crippen LogP contribution in [-0.2, 0) is 4.79 Å². The van der Waals surface area contributed by atoms with E-state index in [-0.39, 0.29) is 6.10 Å². The summed E-state index contributed by atoms with van der Waals surface area (Å²) in [6.07, 6.45) is 7.76. The van der Waals surface area contributed by atoms with Crippen LogP contribution in [0.3, 0.4) is 0 Å². The fourth-order valence-electron chi connectivity index (χ4n) is 2.78. The fraction of sp³-hybridized carbons (Fsp3) is 0.941. The van der Waals surface area contributed by atoms with Gasteiger partial charge in [0.2, 0.25) is 0 Å². The first-order chi connectivity index (χ1) is 8.88. The van der Waals surface area contributed by atoms with Gasteiger partial charge in [-0.2, -0.15) is 0 Å². The van der Waals surface area contributed by atoms with Crippen molar-refractivity contribution in [2.45, 2.75) is 85.7 Å². The summed E-state index contributed by atoms with van der Waals surface area (Å²) in [6.45, 7) is 10.4. The molecule has 0 spiro atoms. The van der Waals surface area contributed by atoms with Crippen LogP contribution in [0.2, 0.25) is 0 Å². The highest BCUT2D eigenvalue weighted by atomic mass is 16.3.